The summed E-state index contributed by atoms with van der Waals surface area (Å²) >= 11 is 1.42. The van der Waals surface area contributed by atoms with Crippen LogP contribution in [-0.2, 0) is 16.1 Å². The molecule has 8 nitrogen and oxygen atoms in total. The summed E-state index contributed by atoms with van der Waals surface area (Å²) in [5.74, 6) is 1.71. The number of nitrogens with zero attached hydrogens (tertiary/aromatic N) is 4. The Morgan fingerprint density at radius 3 is 2.57 bits per heavy atom. The Kier molecular flexibility index (Phi) is 8.30. The lowest BCUT2D eigenvalue weighted by Gasteiger charge is -2.28. The number of hydrogen-bond acceptors (Lipinski definition) is 7. The summed E-state index contributed by atoms with van der Waals surface area (Å²) in [6.07, 6.45) is 0. The quantitative estimate of drug-likeness (QED) is 0.436. The van der Waals surface area contributed by atoms with E-state index in [9.17, 15) is 4.79 Å². The Morgan fingerprint density at radius 2 is 1.89 bits per heavy atom. The minimum absolute atomic E-state index is 0.142. The first-order valence-electron chi connectivity index (χ1n) is 11.9. The Hall–Kier alpha value is -3.04. The number of carbonyl (C=O) groups is 1. The van der Waals surface area contributed by atoms with Crippen LogP contribution < -0.4 is 15.0 Å². The van der Waals surface area contributed by atoms with E-state index in [1.54, 1.807) is 7.11 Å². The summed E-state index contributed by atoms with van der Waals surface area (Å²) in [5, 5.41) is 12.4. The third kappa shape index (κ3) is 6.15. The molecule has 1 aromatic heterocycles. The average Bonchev–Trinajstić information content (AvgIpc) is 3.25. The SMILES string of the molecule is COc1ccc(C)cc1NC(=O)C(Sc1nnc(N2CCOCC2)n1CC(C)C)c1ccccc1. The van der Waals surface area contributed by atoms with Crippen molar-refractivity contribution in [3.05, 3.63) is 59.7 Å². The van der Waals surface area contributed by atoms with Gasteiger partial charge in [-0.25, -0.2) is 0 Å². The van der Waals surface area contributed by atoms with E-state index in [0.29, 0.717) is 30.6 Å². The van der Waals surface area contributed by atoms with E-state index in [2.05, 4.69) is 38.8 Å². The molecule has 1 amide bonds. The van der Waals surface area contributed by atoms with Crippen molar-refractivity contribution < 1.29 is 14.3 Å². The normalized spacial score (nSPS) is 14.7. The maximum atomic E-state index is 13.7. The number of rotatable bonds is 9. The predicted octanol–water partition coefficient (Wildman–Crippen LogP) is 4.56. The number of benzene rings is 2. The molecule has 3 aromatic rings. The van der Waals surface area contributed by atoms with Gasteiger partial charge in [0.25, 0.3) is 0 Å². The van der Waals surface area contributed by atoms with Gasteiger partial charge in [-0.15, -0.1) is 10.2 Å². The van der Waals surface area contributed by atoms with Crippen LogP contribution in [-0.4, -0.2) is 54.1 Å². The highest BCUT2D eigenvalue weighted by Crippen LogP contribution is 2.38. The van der Waals surface area contributed by atoms with Gasteiger partial charge >= 0.3 is 0 Å². The number of anilines is 2. The van der Waals surface area contributed by atoms with Gasteiger partial charge < -0.3 is 19.7 Å². The number of aryl methyl sites for hydroxylation is 1. The highest BCUT2D eigenvalue weighted by Gasteiger charge is 2.28. The van der Waals surface area contributed by atoms with E-state index >= 15 is 0 Å². The number of aromatic nitrogens is 3. The van der Waals surface area contributed by atoms with Gasteiger partial charge in [0.2, 0.25) is 11.9 Å². The second-order valence-electron chi connectivity index (χ2n) is 8.99. The minimum atomic E-state index is -0.519. The van der Waals surface area contributed by atoms with Crippen molar-refractivity contribution in [3.8, 4) is 5.75 Å². The molecule has 0 bridgehead atoms. The second kappa shape index (κ2) is 11.6. The van der Waals surface area contributed by atoms with Crippen molar-refractivity contribution in [2.75, 3.05) is 43.6 Å². The molecule has 9 heteroatoms. The molecule has 2 heterocycles. The summed E-state index contributed by atoms with van der Waals surface area (Å²) in [7, 11) is 1.60. The average molecular weight is 496 g/mol. The molecule has 1 atom stereocenters. The van der Waals surface area contributed by atoms with Crippen molar-refractivity contribution in [1.29, 1.82) is 0 Å². The van der Waals surface area contributed by atoms with Gasteiger partial charge in [-0.05, 0) is 36.1 Å². The Bertz CT molecular complexity index is 1130. The van der Waals surface area contributed by atoms with Crippen LogP contribution in [0.1, 0.15) is 30.2 Å². The Labute approximate surface area is 211 Å². The zero-order valence-electron chi connectivity index (χ0n) is 20.7. The monoisotopic (exact) mass is 495 g/mol. The fourth-order valence-corrected chi connectivity index (χ4v) is 5.06. The fraction of sp³-hybridized carbons (Fsp3) is 0.423. The molecule has 0 saturated carbocycles. The van der Waals surface area contributed by atoms with Gasteiger partial charge in [0.05, 0.1) is 26.0 Å². The maximum absolute atomic E-state index is 13.7. The molecular weight excluding hydrogens is 462 g/mol. The molecule has 1 N–H and O–H groups in total. The highest BCUT2D eigenvalue weighted by molar-refractivity contribution is 8.00. The van der Waals surface area contributed by atoms with Crippen molar-refractivity contribution >= 4 is 29.3 Å². The fourth-order valence-electron chi connectivity index (χ4n) is 4.01. The zero-order valence-corrected chi connectivity index (χ0v) is 21.5. The van der Waals surface area contributed by atoms with Gasteiger partial charge in [0.1, 0.15) is 11.0 Å². The summed E-state index contributed by atoms with van der Waals surface area (Å²) in [5.41, 5.74) is 2.59. The molecule has 0 spiro atoms. The second-order valence-corrected chi connectivity index (χ2v) is 10.1. The van der Waals surface area contributed by atoms with Crippen LogP contribution in [0, 0.1) is 12.8 Å². The van der Waals surface area contributed by atoms with Crippen molar-refractivity contribution in [2.45, 2.75) is 37.7 Å². The van der Waals surface area contributed by atoms with Crippen LogP contribution in [0.15, 0.2) is 53.7 Å². The van der Waals surface area contributed by atoms with Crippen LogP contribution in [0.25, 0.3) is 0 Å². The first kappa shape index (κ1) is 25.1. The number of thioether (sulfide) groups is 1. The molecule has 0 radical (unpaired) electrons. The standard InChI is InChI=1S/C26H33N5O3S/c1-18(2)17-31-25(30-12-14-34-15-13-30)28-29-26(31)35-23(20-8-6-5-7-9-20)24(32)27-21-16-19(3)10-11-22(21)33-4/h5-11,16,18,23H,12-15,17H2,1-4H3,(H,27,32). The maximum Gasteiger partial charge on any atom is 0.242 e. The molecule has 35 heavy (non-hydrogen) atoms. The smallest absolute Gasteiger partial charge is 0.242 e. The first-order chi connectivity index (χ1) is 17.0. The summed E-state index contributed by atoms with van der Waals surface area (Å²) in [4.78, 5) is 15.9. The number of amides is 1. The van der Waals surface area contributed by atoms with Gasteiger partial charge in [0, 0.05) is 19.6 Å². The van der Waals surface area contributed by atoms with E-state index in [0.717, 1.165) is 41.9 Å². The van der Waals surface area contributed by atoms with E-state index in [-0.39, 0.29) is 5.91 Å². The molecule has 0 aliphatic carbocycles. The molecule has 1 aliphatic heterocycles. The summed E-state index contributed by atoms with van der Waals surface area (Å²) in [6.45, 7) is 9.98. The lowest BCUT2D eigenvalue weighted by molar-refractivity contribution is -0.115. The van der Waals surface area contributed by atoms with Crippen LogP contribution in [0.5, 0.6) is 5.75 Å². The van der Waals surface area contributed by atoms with Crippen LogP contribution in [0.2, 0.25) is 0 Å². The number of ether oxygens (including phenoxy) is 2. The topological polar surface area (TPSA) is 81.5 Å². The molecule has 1 fully saturated rings. The van der Waals surface area contributed by atoms with Crippen molar-refractivity contribution in [3.63, 3.8) is 0 Å². The molecule has 4 rings (SSSR count). The number of carbonyl (C=O) groups excluding carboxylic acids is 1. The minimum Gasteiger partial charge on any atom is -0.495 e. The predicted molar refractivity (Wildman–Crippen MR) is 139 cm³/mol. The number of nitrogens with one attached hydrogen (secondary N) is 1. The Balaban J connectivity index is 1.66. The molecule has 2 aromatic carbocycles. The van der Waals surface area contributed by atoms with Crippen LogP contribution >= 0.6 is 11.8 Å². The lowest BCUT2D eigenvalue weighted by atomic mass is 10.1. The molecule has 1 saturated heterocycles. The summed E-state index contributed by atoms with van der Waals surface area (Å²) < 4.78 is 13.1. The number of hydrogen-bond donors (Lipinski definition) is 1. The van der Waals surface area contributed by atoms with E-state index in [1.807, 2.05) is 55.5 Å². The summed E-state index contributed by atoms with van der Waals surface area (Å²) in [6, 6.07) is 15.5. The van der Waals surface area contributed by atoms with Crippen LogP contribution in [0.4, 0.5) is 11.6 Å². The third-order valence-corrected chi connectivity index (χ3v) is 6.95. The van der Waals surface area contributed by atoms with E-state index in [4.69, 9.17) is 9.47 Å². The molecule has 186 valence electrons. The van der Waals surface area contributed by atoms with Crippen molar-refractivity contribution in [2.24, 2.45) is 5.92 Å². The van der Waals surface area contributed by atoms with Gasteiger partial charge in [-0.3, -0.25) is 9.36 Å². The van der Waals surface area contributed by atoms with E-state index in [1.165, 1.54) is 11.8 Å². The molecular formula is C26H33N5O3S. The largest absolute Gasteiger partial charge is 0.495 e. The number of morpholine rings is 1. The first-order valence-corrected chi connectivity index (χ1v) is 12.8. The van der Waals surface area contributed by atoms with Gasteiger partial charge in [-0.2, -0.15) is 0 Å². The van der Waals surface area contributed by atoms with Crippen LogP contribution in [0.3, 0.4) is 0 Å². The number of methoxy groups -OCH3 is 1. The van der Waals surface area contributed by atoms with Gasteiger partial charge in [0.15, 0.2) is 5.16 Å². The third-order valence-electron chi connectivity index (χ3n) is 5.72. The Morgan fingerprint density at radius 1 is 1.14 bits per heavy atom. The molecule has 1 aliphatic rings. The van der Waals surface area contributed by atoms with E-state index < -0.39 is 5.25 Å². The van der Waals surface area contributed by atoms with Gasteiger partial charge in [-0.1, -0.05) is 62.0 Å². The molecule has 1 unspecified atom stereocenters. The lowest BCUT2D eigenvalue weighted by Crippen LogP contribution is -2.38. The zero-order chi connectivity index (χ0) is 24.8. The van der Waals surface area contributed by atoms with Crippen molar-refractivity contribution in [1.82, 2.24) is 14.8 Å². The highest BCUT2D eigenvalue weighted by atomic mass is 32.2.